The summed E-state index contributed by atoms with van der Waals surface area (Å²) in [5, 5.41) is 16.6. The number of sulfone groups is 1. The molecule has 1 aromatic carbocycles. The van der Waals surface area contributed by atoms with Crippen LogP contribution in [0.2, 0.25) is 0 Å². The highest BCUT2D eigenvalue weighted by Crippen LogP contribution is 2.27. The normalized spacial score (nSPS) is 17.0. The van der Waals surface area contributed by atoms with Gasteiger partial charge in [-0.1, -0.05) is 30.3 Å². The van der Waals surface area contributed by atoms with Gasteiger partial charge in [-0.05, 0) is 4.90 Å². The lowest BCUT2D eigenvalue weighted by Gasteiger charge is -2.19. The first kappa shape index (κ1) is 14.0. The number of benzene rings is 1. The van der Waals surface area contributed by atoms with Crippen molar-refractivity contribution in [3.63, 3.8) is 0 Å². The van der Waals surface area contributed by atoms with Crippen LogP contribution in [0.15, 0.2) is 40.0 Å². The van der Waals surface area contributed by atoms with E-state index in [2.05, 4.69) is 15.1 Å². The summed E-state index contributed by atoms with van der Waals surface area (Å²) in [6.45, 7) is 1.49. The van der Waals surface area contributed by atoms with Crippen LogP contribution in [0.25, 0.3) is 11.3 Å². The van der Waals surface area contributed by atoms with Gasteiger partial charge in [0.25, 0.3) is 5.69 Å². The first-order chi connectivity index (χ1) is 10.1. The predicted octanol–water partition coefficient (Wildman–Crippen LogP) is -0.525. The molecule has 21 heavy (non-hydrogen) atoms. The van der Waals surface area contributed by atoms with Gasteiger partial charge in [-0.3, -0.25) is 4.63 Å². The lowest BCUT2D eigenvalue weighted by atomic mass is 10.2. The Balaban J connectivity index is 2.08. The minimum atomic E-state index is -3.75. The molecule has 0 radical (unpaired) electrons. The molecule has 2 heterocycles. The third-order valence-electron chi connectivity index (χ3n) is 3.72. The minimum absolute atomic E-state index is 0.00991. The van der Waals surface area contributed by atoms with Gasteiger partial charge in [0.2, 0.25) is 9.84 Å². The Morgan fingerprint density at radius 3 is 2.57 bits per heavy atom. The quantitative estimate of drug-likeness (QED) is 0.768. The molecule has 2 N–H and O–H groups in total. The summed E-state index contributed by atoms with van der Waals surface area (Å²) in [5.41, 5.74) is 0.636. The van der Waals surface area contributed by atoms with Crippen molar-refractivity contribution in [2.24, 2.45) is 0 Å². The van der Waals surface area contributed by atoms with E-state index in [9.17, 15) is 13.6 Å². The van der Waals surface area contributed by atoms with Crippen LogP contribution in [0.5, 0.6) is 0 Å². The van der Waals surface area contributed by atoms with Gasteiger partial charge in [0.05, 0.1) is 18.3 Å². The molecule has 0 spiro atoms. The molecule has 1 saturated heterocycles. The van der Waals surface area contributed by atoms with Crippen LogP contribution in [-0.4, -0.2) is 31.9 Å². The van der Waals surface area contributed by atoms with E-state index in [1.165, 1.54) is 0 Å². The highest BCUT2D eigenvalue weighted by Gasteiger charge is 2.40. The average Bonchev–Trinajstić information content (AvgIpc) is 2.91. The van der Waals surface area contributed by atoms with Crippen molar-refractivity contribution in [3.8, 4) is 11.3 Å². The summed E-state index contributed by atoms with van der Waals surface area (Å²) in [7, 11) is -3.75. The third-order valence-corrected chi connectivity index (χ3v) is 5.95. The van der Waals surface area contributed by atoms with Gasteiger partial charge in [-0.2, -0.15) is 0 Å². The van der Waals surface area contributed by atoms with Gasteiger partial charge in [0, 0.05) is 23.6 Å². The molecule has 112 valence electrons. The molecule has 1 fully saturated rings. The highest BCUT2D eigenvalue weighted by atomic mass is 32.2. The molecule has 0 unspecified atom stereocenters. The van der Waals surface area contributed by atoms with E-state index in [0.29, 0.717) is 18.4 Å². The molecular weight excluding hydrogens is 294 g/mol. The van der Waals surface area contributed by atoms with Crippen LogP contribution in [0, 0.1) is 5.21 Å². The Bertz CT molecular complexity index is 721. The van der Waals surface area contributed by atoms with E-state index in [-0.39, 0.29) is 15.6 Å². The SMILES string of the molecule is O=S(=O)(c1c(-c2ccccc2)no[n+]1[O-])C1CC[NH2+]CC1. The Kier molecular flexibility index (Phi) is 3.64. The van der Waals surface area contributed by atoms with E-state index < -0.39 is 15.1 Å². The Labute approximate surface area is 122 Å². The lowest BCUT2D eigenvalue weighted by Crippen LogP contribution is -2.87. The fraction of sp³-hybridized carbons (Fsp3) is 0.385. The van der Waals surface area contributed by atoms with Crippen molar-refractivity contribution in [1.29, 1.82) is 0 Å². The molecule has 1 aliphatic rings. The number of nitrogens with zero attached hydrogens (tertiary/aromatic N) is 2. The zero-order valence-corrected chi connectivity index (χ0v) is 12.1. The number of aromatic nitrogens is 2. The van der Waals surface area contributed by atoms with Crippen molar-refractivity contribution in [1.82, 2.24) is 5.16 Å². The van der Waals surface area contributed by atoms with Crippen LogP contribution < -0.4 is 10.2 Å². The van der Waals surface area contributed by atoms with Crippen LogP contribution in [0.3, 0.4) is 0 Å². The standard InChI is InChI=1S/C13H15N3O4S/c17-16-13(21(18,19)11-6-8-14-9-7-11)12(15-20-16)10-4-2-1-3-5-10/h1-5,11,14H,6-9H2/p+1. The first-order valence-electron chi connectivity index (χ1n) is 6.81. The van der Waals surface area contributed by atoms with E-state index >= 15 is 0 Å². The van der Waals surface area contributed by atoms with Gasteiger partial charge in [-0.25, -0.2) is 8.42 Å². The monoisotopic (exact) mass is 310 g/mol. The van der Waals surface area contributed by atoms with E-state index in [4.69, 9.17) is 0 Å². The fourth-order valence-electron chi connectivity index (χ4n) is 2.62. The predicted molar refractivity (Wildman–Crippen MR) is 72.8 cm³/mol. The smallest absolute Gasteiger partial charge is 0.317 e. The van der Waals surface area contributed by atoms with Crippen LogP contribution in [0.4, 0.5) is 0 Å². The number of piperidine rings is 1. The summed E-state index contributed by atoms with van der Waals surface area (Å²) in [6, 6.07) is 8.72. The molecule has 1 aliphatic heterocycles. The average molecular weight is 310 g/mol. The highest BCUT2D eigenvalue weighted by molar-refractivity contribution is 7.92. The Morgan fingerprint density at radius 2 is 1.90 bits per heavy atom. The van der Waals surface area contributed by atoms with Gasteiger partial charge >= 0.3 is 5.03 Å². The van der Waals surface area contributed by atoms with Crippen molar-refractivity contribution in [2.45, 2.75) is 23.1 Å². The molecule has 3 rings (SSSR count). The van der Waals surface area contributed by atoms with E-state index in [1.807, 2.05) is 0 Å². The number of quaternary nitrogens is 1. The number of hydrogen-bond acceptors (Lipinski definition) is 5. The topological polar surface area (TPSA) is 104 Å². The van der Waals surface area contributed by atoms with Crippen molar-refractivity contribution >= 4 is 9.84 Å². The fourth-order valence-corrected chi connectivity index (χ4v) is 4.49. The molecule has 0 saturated carbocycles. The van der Waals surface area contributed by atoms with Gasteiger partial charge in [-0.15, -0.1) is 0 Å². The van der Waals surface area contributed by atoms with Crippen LogP contribution in [0.1, 0.15) is 12.8 Å². The molecule has 0 aliphatic carbocycles. The lowest BCUT2D eigenvalue weighted by molar-refractivity contribution is -0.832. The van der Waals surface area contributed by atoms with Crippen LogP contribution >= 0.6 is 0 Å². The Morgan fingerprint density at radius 1 is 1.24 bits per heavy atom. The third kappa shape index (κ3) is 2.52. The number of nitrogens with two attached hydrogens (primary N) is 1. The zero-order chi connectivity index (χ0) is 14.9. The maximum atomic E-state index is 12.7. The first-order valence-corrected chi connectivity index (χ1v) is 8.36. The van der Waals surface area contributed by atoms with Crippen molar-refractivity contribution in [2.75, 3.05) is 13.1 Å². The molecular formula is C13H16N3O4S+. The summed E-state index contributed by atoms with van der Waals surface area (Å²) in [6.07, 6.45) is 1.06. The summed E-state index contributed by atoms with van der Waals surface area (Å²) in [4.78, 5) is 0.00991. The summed E-state index contributed by atoms with van der Waals surface area (Å²) < 4.78 is 30.0. The molecule has 0 atom stereocenters. The zero-order valence-electron chi connectivity index (χ0n) is 11.3. The maximum Gasteiger partial charge on any atom is 0.317 e. The molecule has 7 nitrogen and oxygen atoms in total. The largest absolute Gasteiger partial charge is 0.358 e. The van der Waals surface area contributed by atoms with Crippen LogP contribution in [-0.2, 0) is 9.84 Å². The number of hydrogen-bond donors (Lipinski definition) is 1. The molecule has 1 aromatic heterocycles. The second-order valence-electron chi connectivity index (χ2n) is 5.06. The van der Waals surface area contributed by atoms with Gasteiger partial charge in [0.15, 0.2) is 0 Å². The van der Waals surface area contributed by atoms with E-state index in [0.717, 1.165) is 13.1 Å². The Hall–Kier alpha value is -1.93. The summed E-state index contributed by atoms with van der Waals surface area (Å²) >= 11 is 0. The molecule has 0 amide bonds. The summed E-state index contributed by atoms with van der Waals surface area (Å²) in [5.74, 6) is 0. The van der Waals surface area contributed by atoms with Crippen molar-refractivity contribution in [3.05, 3.63) is 35.5 Å². The number of rotatable bonds is 3. The maximum absolute atomic E-state index is 12.7. The second kappa shape index (κ2) is 5.45. The van der Waals surface area contributed by atoms with Gasteiger partial charge < -0.3 is 10.5 Å². The molecule has 8 heteroatoms. The molecule has 2 aromatic rings. The second-order valence-corrected chi connectivity index (χ2v) is 7.20. The van der Waals surface area contributed by atoms with Crippen molar-refractivity contribution < 1.29 is 23.3 Å². The minimum Gasteiger partial charge on any atom is -0.358 e. The van der Waals surface area contributed by atoms with E-state index in [1.54, 1.807) is 30.3 Å². The van der Waals surface area contributed by atoms with Gasteiger partial charge in [0.1, 0.15) is 0 Å². The molecule has 0 bridgehead atoms.